The minimum atomic E-state index is -0.0285. The van der Waals surface area contributed by atoms with Crippen LogP contribution in [0.2, 0.25) is 0 Å². The molecule has 1 rings (SSSR count). The predicted octanol–water partition coefficient (Wildman–Crippen LogP) is 2.18. The zero-order valence-electron chi connectivity index (χ0n) is 11.5. The van der Waals surface area contributed by atoms with Crippen molar-refractivity contribution in [3.05, 3.63) is 29.8 Å². The molecule has 19 heavy (non-hydrogen) atoms. The molecule has 0 saturated carbocycles. The summed E-state index contributed by atoms with van der Waals surface area (Å²) in [6, 6.07) is 7.35. The summed E-state index contributed by atoms with van der Waals surface area (Å²) < 4.78 is 5.50. The third-order valence-electron chi connectivity index (χ3n) is 2.45. The highest BCUT2D eigenvalue weighted by Crippen LogP contribution is 2.14. The molecule has 1 aromatic rings. The van der Waals surface area contributed by atoms with Gasteiger partial charge in [0, 0.05) is 11.6 Å². The van der Waals surface area contributed by atoms with Crippen molar-refractivity contribution in [3.63, 3.8) is 0 Å². The summed E-state index contributed by atoms with van der Waals surface area (Å²) >= 11 is 0. The van der Waals surface area contributed by atoms with Crippen molar-refractivity contribution in [2.45, 2.75) is 33.2 Å². The first-order valence-corrected chi connectivity index (χ1v) is 6.24. The first-order valence-electron chi connectivity index (χ1n) is 6.24. The maximum atomic E-state index is 11.4. The molecule has 0 spiro atoms. The van der Waals surface area contributed by atoms with Crippen LogP contribution in [0.4, 0.5) is 0 Å². The predicted molar refractivity (Wildman–Crippen MR) is 73.8 cm³/mol. The minimum absolute atomic E-state index is 0.0285. The van der Waals surface area contributed by atoms with E-state index in [-0.39, 0.29) is 11.9 Å². The fourth-order valence-electron chi connectivity index (χ4n) is 1.52. The molecule has 0 atom stereocenters. The Kier molecular flexibility index (Phi) is 5.85. The smallest absolute Gasteiger partial charge is 0.223 e. The molecule has 2 N–H and O–H groups in total. The van der Waals surface area contributed by atoms with E-state index >= 15 is 0 Å². The van der Waals surface area contributed by atoms with Crippen LogP contribution in [0.5, 0.6) is 5.75 Å². The van der Waals surface area contributed by atoms with Crippen LogP contribution in [-0.2, 0) is 4.79 Å². The first kappa shape index (κ1) is 15.0. The van der Waals surface area contributed by atoms with Gasteiger partial charge in [-0.3, -0.25) is 4.79 Å². The number of hydrogen-bond acceptors (Lipinski definition) is 4. The molecule has 0 heterocycles. The van der Waals surface area contributed by atoms with E-state index in [0.717, 1.165) is 5.56 Å². The van der Waals surface area contributed by atoms with E-state index in [1.54, 1.807) is 19.1 Å². The van der Waals surface area contributed by atoms with Crippen molar-refractivity contribution in [1.82, 2.24) is 5.32 Å². The summed E-state index contributed by atoms with van der Waals surface area (Å²) in [5.74, 6) is 0.622. The van der Waals surface area contributed by atoms with Gasteiger partial charge < -0.3 is 15.3 Å². The SMILES string of the molecule is CC(=NO)c1cccc(OCCC(=O)NC(C)C)c1. The lowest BCUT2D eigenvalue weighted by Gasteiger charge is -2.10. The fraction of sp³-hybridized carbons (Fsp3) is 0.429. The summed E-state index contributed by atoms with van der Waals surface area (Å²) in [4.78, 5) is 11.4. The number of carbonyl (C=O) groups is 1. The van der Waals surface area contributed by atoms with Crippen LogP contribution in [0.25, 0.3) is 0 Å². The standard InChI is InChI=1S/C14H20N2O3/c1-10(2)15-14(17)7-8-19-13-6-4-5-12(9-13)11(3)16-18/h4-6,9-10,18H,7-8H2,1-3H3,(H,15,17). The highest BCUT2D eigenvalue weighted by Gasteiger charge is 2.04. The third kappa shape index (κ3) is 5.42. The van der Waals surface area contributed by atoms with Crippen LogP contribution >= 0.6 is 0 Å². The monoisotopic (exact) mass is 264 g/mol. The molecule has 0 aliphatic carbocycles. The van der Waals surface area contributed by atoms with Crippen molar-refractivity contribution in [2.75, 3.05) is 6.61 Å². The number of carbonyl (C=O) groups excluding carboxylic acids is 1. The van der Waals surface area contributed by atoms with Gasteiger partial charge in [0.05, 0.1) is 18.7 Å². The minimum Gasteiger partial charge on any atom is -0.493 e. The van der Waals surface area contributed by atoms with Gasteiger partial charge in [-0.2, -0.15) is 0 Å². The molecule has 1 aromatic carbocycles. The van der Waals surface area contributed by atoms with Gasteiger partial charge in [-0.15, -0.1) is 0 Å². The van der Waals surface area contributed by atoms with E-state index in [4.69, 9.17) is 9.94 Å². The molecule has 1 amide bonds. The number of rotatable bonds is 6. The van der Waals surface area contributed by atoms with E-state index in [1.807, 2.05) is 26.0 Å². The normalized spacial score (nSPS) is 11.5. The summed E-state index contributed by atoms with van der Waals surface area (Å²) in [6.45, 7) is 5.85. The van der Waals surface area contributed by atoms with E-state index in [1.165, 1.54) is 0 Å². The van der Waals surface area contributed by atoms with Gasteiger partial charge in [-0.1, -0.05) is 17.3 Å². The Morgan fingerprint density at radius 2 is 2.21 bits per heavy atom. The highest BCUT2D eigenvalue weighted by molar-refractivity contribution is 5.98. The molecular formula is C14H20N2O3. The van der Waals surface area contributed by atoms with Gasteiger partial charge in [-0.25, -0.2) is 0 Å². The van der Waals surface area contributed by atoms with E-state index in [2.05, 4.69) is 10.5 Å². The van der Waals surface area contributed by atoms with Crippen molar-refractivity contribution in [3.8, 4) is 5.75 Å². The zero-order chi connectivity index (χ0) is 14.3. The van der Waals surface area contributed by atoms with Gasteiger partial charge >= 0.3 is 0 Å². The quantitative estimate of drug-likeness (QED) is 0.470. The summed E-state index contributed by atoms with van der Waals surface area (Å²) in [5, 5.41) is 14.6. The number of nitrogens with zero attached hydrogens (tertiary/aromatic N) is 1. The van der Waals surface area contributed by atoms with Gasteiger partial charge in [0.1, 0.15) is 5.75 Å². The van der Waals surface area contributed by atoms with Crippen molar-refractivity contribution >= 4 is 11.6 Å². The van der Waals surface area contributed by atoms with Crippen LogP contribution in [-0.4, -0.2) is 29.5 Å². The first-order chi connectivity index (χ1) is 9.02. The Balaban J connectivity index is 2.48. The molecule has 0 radical (unpaired) electrons. The van der Waals surface area contributed by atoms with Gasteiger partial charge in [0.2, 0.25) is 5.91 Å². The average Bonchev–Trinajstić information content (AvgIpc) is 2.37. The summed E-state index contributed by atoms with van der Waals surface area (Å²) in [5.41, 5.74) is 1.30. The number of nitrogens with one attached hydrogen (secondary N) is 1. The van der Waals surface area contributed by atoms with E-state index < -0.39 is 0 Å². The molecule has 0 unspecified atom stereocenters. The fourth-order valence-corrected chi connectivity index (χ4v) is 1.52. The highest BCUT2D eigenvalue weighted by atomic mass is 16.5. The Bertz CT molecular complexity index is 456. The van der Waals surface area contributed by atoms with Crippen LogP contribution in [0.15, 0.2) is 29.4 Å². The average molecular weight is 264 g/mol. The maximum absolute atomic E-state index is 11.4. The van der Waals surface area contributed by atoms with Crippen molar-refractivity contribution in [2.24, 2.45) is 5.16 Å². The lowest BCUT2D eigenvalue weighted by molar-refractivity contribution is -0.122. The number of oxime groups is 1. The molecular weight excluding hydrogens is 244 g/mol. The topological polar surface area (TPSA) is 70.9 Å². The Morgan fingerprint density at radius 1 is 1.47 bits per heavy atom. The molecule has 0 aromatic heterocycles. The Hall–Kier alpha value is -2.04. The molecule has 104 valence electrons. The largest absolute Gasteiger partial charge is 0.493 e. The molecule has 5 heteroatoms. The molecule has 5 nitrogen and oxygen atoms in total. The lowest BCUT2D eigenvalue weighted by Crippen LogP contribution is -2.31. The summed E-state index contributed by atoms with van der Waals surface area (Å²) in [7, 11) is 0. The number of hydrogen-bond donors (Lipinski definition) is 2. The van der Waals surface area contributed by atoms with Gasteiger partial charge in [-0.05, 0) is 32.9 Å². The second kappa shape index (κ2) is 7.41. The second-order valence-electron chi connectivity index (χ2n) is 4.53. The molecule has 0 aliphatic heterocycles. The number of benzene rings is 1. The molecule has 0 saturated heterocycles. The Labute approximate surface area is 113 Å². The Morgan fingerprint density at radius 3 is 2.84 bits per heavy atom. The van der Waals surface area contributed by atoms with Crippen molar-refractivity contribution in [1.29, 1.82) is 0 Å². The number of amides is 1. The molecule has 0 fully saturated rings. The lowest BCUT2D eigenvalue weighted by atomic mass is 10.1. The number of ether oxygens (including phenoxy) is 1. The second-order valence-corrected chi connectivity index (χ2v) is 4.53. The van der Waals surface area contributed by atoms with Crippen molar-refractivity contribution < 1.29 is 14.7 Å². The zero-order valence-corrected chi connectivity index (χ0v) is 11.5. The third-order valence-corrected chi connectivity index (χ3v) is 2.45. The van der Waals surface area contributed by atoms with Gasteiger partial charge in [0.25, 0.3) is 0 Å². The van der Waals surface area contributed by atoms with Crippen LogP contribution in [0.1, 0.15) is 32.8 Å². The molecule has 0 bridgehead atoms. The van der Waals surface area contributed by atoms with Crippen LogP contribution in [0.3, 0.4) is 0 Å². The van der Waals surface area contributed by atoms with Gasteiger partial charge in [0.15, 0.2) is 0 Å². The van der Waals surface area contributed by atoms with E-state index in [0.29, 0.717) is 24.5 Å². The van der Waals surface area contributed by atoms with Crippen LogP contribution in [0, 0.1) is 0 Å². The summed E-state index contributed by atoms with van der Waals surface area (Å²) in [6.07, 6.45) is 0.315. The molecule has 0 aliphatic rings. The maximum Gasteiger partial charge on any atom is 0.223 e. The van der Waals surface area contributed by atoms with E-state index in [9.17, 15) is 4.79 Å². The van der Waals surface area contributed by atoms with Crippen LogP contribution < -0.4 is 10.1 Å².